The van der Waals surface area contributed by atoms with Gasteiger partial charge in [-0.1, -0.05) is 34.1 Å². The minimum absolute atomic E-state index is 0.112. The van der Waals surface area contributed by atoms with Gasteiger partial charge in [0.15, 0.2) is 0 Å². The van der Waals surface area contributed by atoms with E-state index >= 15 is 0 Å². The Morgan fingerprint density at radius 3 is 2.43 bits per heavy atom. The first-order chi connectivity index (χ1) is 10.0. The van der Waals surface area contributed by atoms with Crippen molar-refractivity contribution in [3.05, 3.63) is 52.5 Å². The summed E-state index contributed by atoms with van der Waals surface area (Å²) in [5.41, 5.74) is 1.43. The van der Waals surface area contributed by atoms with Crippen LogP contribution in [0.25, 0.3) is 0 Å². The Labute approximate surface area is 130 Å². The van der Waals surface area contributed by atoms with Crippen molar-refractivity contribution in [3.8, 4) is 11.5 Å². The Balaban J connectivity index is 1.84. The number of benzene rings is 2. The number of hydrogen-bond donors (Lipinski definition) is 4. The second kappa shape index (κ2) is 6.99. The lowest BCUT2D eigenvalue weighted by Gasteiger charge is -2.09. The molecule has 0 saturated carbocycles. The molecule has 2 amide bonds. The van der Waals surface area contributed by atoms with Crippen molar-refractivity contribution in [1.82, 2.24) is 5.32 Å². The molecule has 6 heteroatoms. The van der Waals surface area contributed by atoms with E-state index in [1.165, 1.54) is 18.2 Å². The highest BCUT2D eigenvalue weighted by Gasteiger charge is 2.05. The number of nitrogens with one attached hydrogen (secondary N) is 2. The summed E-state index contributed by atoms with van der Waals surface area (Å²) in [6.45, 7) is 0.471. The molecule has 0 radical (unpaired) electrons. The highest BCUT2D eigenvalue weighted by Crippen LogP contribution is 2.23. The van der Waals surface area contributed by atoms with Crippen molar-refractivity contribution >= 4 is 27.6 Å². The molecule has 4 N–H and O–H groups in total. The average molecular weight is 351 g/mol. The van der Waals surface area contributed by atoms with E-state index in [9.17, 15) is 15.0 Å². The van der Waals surface area contributed by atoms with Crippen LogP contribution in [0.4, 0.5) is 10.5 Å². The SMILES string of the molecule is O=C(NCCc1ccccc1Br)Nc1cc(O)cc(O)c1. The summed E-state index contributed by atoms with van der Waals surface area (Å²) in [6, 6.07) is 11.3. The van der Waals surface area contributed by atoms with Gasteiger partial charge in [0, 0.05) is 34.9 Å². The Bertz CT molecular complexity index is 626. The molecule has 0 spiro atoms. The van der Waals surface area contributed by atoms with Crippen LogP contribution in [0.5, 0.6) is 11.5 Å². The molecule has 0 atom stereocenters. The highest BCUT2D eigenvalue weighted by molar-refractivity contribution is 9.10. The second-order valence-electron chi connectivity index (χ2n) is 4.46. The van der Waals surface area contributed by atoms with Gasteiger partial charge in [0.1, 0.15) is 11.5 Å². The maximum absolute atomic E-state index is 11.7. The van der Waals surface area contributed by atoms with E-state index in [2.05, 4.69) is 26.6 Å². The quantitative estimate of drug-likeness (QED) is 0.683. The summed E-state index contributed by atoms with van der Waals surface area (Å²) in [4.78, 5) is 11.7. The van der Waals surface area contributed by atoms with Crippen LogP contribution in [0.1, 0.15) is 5.56 Å². The number of amides is 2. The predicted octanol–water partition coefficient (Wildman–Crippen LogP) is 3.22. The smallest absolute Gasteiger partial charge is 0.319 e. The molecule has 0 heterocycles. The monoisotopic (exact) mass is 350 g/mol. The fourth-order valence-corrected chi connectivity index (χ4v) is 2.34. The largest absolute Gasteiger partial charge is 0.508 e. The molecule has 0 bridgehead atoms. The van der Waals surface area contributed by atoms with Crippen molar-refractivity contribution in [1.29, 1.82) is 0 Å². The van der Waals surface area contributed by atoms with E-state index in [1.54, 1.807) is 0 Å². The van der Waals surface area contributed by atoms with Crippen LogP contribution in [0.3, 0.4) is 0 Å². The van der Waals surface area contributed by atoms with E-state index in [0.29, 0.717) is 18.7 Å². The second-order valence-corrected chi connectivity index (χ2v) is 5.31. The van der Waals surface area contributed by atoms with Crippen molar-refractivity contribution in [2.45, 2.75) is 6.42 Å². The zero-order valence-corrected chi connectivity index (χ0v) is 12.7. The first-order valence-electron chi connectivity index (χ1n) is 6.36. The van der Waals surface area contributed by atoms with Gasteiger partial charge in [-0.15, -0.1) is 0 Å². The molecule has 2 aromatic rings. The number of urea groups is 1. The predicted molar refractivity (Wildman–Crippen MR) is 84.6 cm³/mol. The number of rotatable bonds is 4. The number of carbonyl (C=O) groups is 1. The minimum Gasteiger partial charge on any atom is -0.508 e. The van der Waals surface area contributed by atoms with E-state index in [-0.39, 0.29) is 11.5 Å². The number of carbonyl (C=O) groups excluding carboxylic acids is 1. The van der Waals surface area contributed by atoms with Crippen LogP contribution in [0, 0.1) is 0 Å². The first kappa shape index (κ1) is 15.2. The Morgan fingerprint density at radius 2 is 1.76 bits per heavy atom. The Hall–Kier alpha value is -2.21. The van der Waals surface area contributed by atoms with Crippen LogP contribution in [-0.4, -0.2) is 22.8 Å². The molecule has 2 aromatic carbocycles. The Morgan fingerprint density at radius 1 is 1.10 bits per heavy atom. The standard InChI is InChI=1S/C15H15BrN2O3/c16-14-4-2-1-3-10(14)5-6-17-15(21)18-11-7-12(19)9-13(20)8-11/h1-4,7-9,19-20H,5-6H2,(H2,17,18,21). The van der Waals surface area contributed by atoms with E-state index < -0.39 is 6.03 Å². The van der Waals surface area contributed by atoms with Gasteiger partial charge in [-0.3, -0.25) is 0 Å². The molecule has 2 rings (SSSR count). The maximum Gasteiger partial charge on any atom is 0.319 e. The average Bonchev–Trinajstić information content (AvgIpc) is 2.39. The molecule has 0 saturated heterocycles. The zero-order chi connectivity index (χ0) is 15.2. The van der Waals surface area contributed by atoms with E-state index in [1.807, 2.05) is 24.3 Å². The Kier molecular flexibility index (Phi) is 5.05. The normalized spacial score (nSPS) is 10.1. The van der Waals surface area contributed by atoms with Crippen molar-refractivity contribution in [2.24, 2.45) is 0 Å². The number of anilines is 1. The van der Waals surface area contributed by atoms with Gasteiger partial charge in [-0.25, -0.2) is 4.79 Å². The van der Waals surface area contributed by atoms with Gasteiger partial charge in [0.25, 0.3) is 0 Å². The van der Waals surface area contributed by atoms with Crippen LogP contribution >= 0.6 is 15.9 Å². The fraction of sp³-hybridized carbons (Fsp3) is 0.133. The summed E-state index contributed by atoms with van der Waals surface area (Å²) in [6.07, 6.45) is 0.695. The summed E-state index contributed by atoms with van der Waals surface area (Å²) in [7, 11) is 0. The molecular weight excluding hydrogens is 336 g/mol. The van der Waals surface area contributed by atoms with E-state index in [4.69, 9.17) is 0 Å². The summed E-state index contributed by atoms with van der Waals surface area (Å²) in [5, 5.41) is 23.9. The molecule has 110 valence electrons. The molecule has 5 nitrogen and oxygen atoms in total. The van der Waals surface area contributed by atoms with Gasteiger partial charge >= 0.3 is 6.03 Å². The van der Waals surface area contributed by atoms with Crippen LogP contribution < -0.4 is 10.6 Å². The highest BCUT2D eigenvalue weighted by atomic mass is 79.9. The third kappa shape index (κ3) is 4.68. The lowest BCUT2D eigenvalue weighted by Crippen LogP contribution is -2.30. The lowest BCUT2D eigenvalue weighted by molar-refractivity contribution is 0.252. The number of halogens is 1. The fourth-order valence-electron chi connectivity index (χ4n) is 1.85. The summed E-state index contributed by atoms with van der Waals surface area (Å²) < 4.78 is 1.00. The topological polar surface area (TPSA) is 81.6 Å². The molecule has 0 aliphatic carbocycles. The summed E-state index contributed by atoms with van der Waals surface area (Å²) in [5.74, 6) is -0.225. The summed E-state index contributed by atoms with van der Waals surface area (Å²) >= 11 is 3.45. The number of aromatic hydroxyl groups is 2. The molecule has 0 aliphatic rings. The zero-order valence-electron chi connectivity index (χ0n) is 11.1. The number of phenols is 2. The molecule has 21 heavy (non-hydrogen) atoms. The van der Waals surface area contributed by atoms with Crippen molar-refractivity contribution in [2.75, 3.05) is 11.9 Å². The van der Waals surface area contributed by atoms with Crippen LogP contribution in [0.15, 0.2) is 46.9 Å². The maximum atomic E-state index is 11.7. The van der Waals surface area contributed by atoms with Gasteiger partial charge in [0.2, 0.25) is 0 Å². The molecule has 0 unspecified atom stereocenters. The van der Waals surface area contributed by atoms with Gasteiger partial charge in [-0.05, 0) is 18.1 Å². The lowest BCUT2D eigenvalue weighted by atomic mass is 10.1. The van der Waals surface area contributed by atoms with Gasteiger partial charge < -0.3 is 20.8 Å². The molecular formula is C15H15BrN2O3. The van der Waals surface area contributed by atoms with Gasteiger partial charge in [-0.2, -0.15) is 0 Å². The van der Waals surface area contributed by atoms with Crippen molar-refractivity contribution < 1.29 is 15.0 Å². The van der Waals surface area contributed by atoms with Crippen LogP contribution in [-0.2, 0) is 6.42 Å². The first-order valence-corrected chi connectivity index (χ1v) is 7.15. The van der Waals surface area contributed by atoms with Crippen molar-refractivity contribution in [3.63, 3.8) is 0 Å². The third-order valence-electron chi connectivity index (χ3n) is 2.80. The third-order valence-corrected chi connectivity index (χ3v) is 3.57. The van der Waals surface area contributed by atoms with E-state index in [0.717, 1.165) is 10.0 Å². The minimum atomic E-state index is -0.396. The molecule has 0 aromatic heterocycles. The number of phenolic OH excluding ortho intramolecular Hbond substituents is 2. The molecule has 0 aliphatic heterocycles. The van der Waals surface area contributed by atoms with Gasteiger partial charge in [0.05, 0.1) is 0 Å². The molecule has 0 fully saturated rings. The van der Waals surface area contributed by atoms with Crippen LogP contribution in [0.2, 0.25) is 0 Å². The number of hydrogen-bond acceptors (Lipinski definition) is 3.